The lowest BCUT2D eigenvalue weighted by molar-refractivity contribution is -0.141. The number of carboxylic acids is 1. The van der Waals surface area contributed by atoms with Gasteiger partial charge in [0.05, 0.1) is 0 Å². The molecule has 5 heteroatoms. The van der Waals surface area contributed by atoms with E-state index in [0.29, 0.717) is 25.4 Å². The standard InChI is InChI=1S/C14H26N2O3/c1-4-13(17)16-8-11(6-14(18)19)5-12(9-16)15-7-10(2)3/h10-12,15H,4-9H2,1-3H3,(H,18,19). The van der Waals surface area contributed by atoms with Crippen LogP contribution < -0.4 is 5.32 Å². The molecule has 110 valence electrons. The van der Waals surface area contributed by atoms with Crippen LogP contribution in [0.3, 0.4) is 0 Å². The van der Waals surface area contributed by atoms with Gasteiger partial charge in [0, 0.05) is 32.0 Å². The van der Waals surface area contributed by atoms with E-state index >= 15 is 0 Å². The van der Waals surface area contributed by atoms with E-state index in [1.807, 2.05) is 11.8 Å². The van der Waals surface area contributed by atoms with E-state index in [-0.39, 0.29) is 24.3 Å². The maximum atomic E-state index is 11.8. The van der Waals surface area contributed by atoms with Gasteiger partial charge < -0.3 is 15.3 Å². The van der Waals surface area contributed by atoms with E-state index in [0.717, 1.165) is 13.0 Å². The van der Waals surface area contributed by atoms with Gasteiger partial charge in [-0.1, -0.05) is 20.8 Å². The van der Waals surface area contributed by atoms with Gasteiger partial charge >= 0.3 is 5.97 Å². The molecular weight excluding hydrogens is 244 g/mol. The fourth-order valence-electron chi connectivity index (χ4n) is 2.58. The second kappa shape index (κ2) is 7.48. The number of likely N-dealkylation sites (tertiary alicyclic amines) is 1. The molecule has 0 bridgehead atoms. The van der Waals surface area contributed by atoms with Crippen LogP contribution in [0.1, 0.15) is 40.0 Å². The summed E-state index contributed by atoms with van der Waals surface area (Å²) in [6.45, 7) is 8.31. The number of carbonyl (C=O) groups excluding carboxylic acids is 1. The first-order valence-electron chi connectivity index (χ1n) is 7.15. The molecule has 0 aromatic carbocycles. The Kier molecular flexibility index (Phi) is 6.28. The van der Waals surface area contributed by atoms with Gasteiger partial charge in [-0.15, -0.1) is 0 Å². The quantitative estimate of drug-likeness (QED) is 0.764. The van der Waals surface area contributed by atoms with Crippen molar-refractivity contribution in [3.63, 3.8) is 0 Å². The molecule has 19 heavy (non-hydrogen) atoms. The van der Waals surface area contributed by atoms with Crippen molar-refractivity contribution in [2.24, 2.45) is 11.8 Å². The molecule has 1 rings (SSSR count). The monoisotopic (exact) mass is 270 g/mol. The van der Waals surface area contributed by atoms with E-state index in [1.165, 1.54) is 0 Å². The predicted molar refractivity (Wildman–Crippen MR) is 73.9 cm³/mol. The normalized spacial score (nSPS) is 23.7. The molecular formula is C14H26N2O3. The van der Waals surface area contributed by atoms with E-state index in [2.05, 4.69) is 19.2 Å². The number of aliphatic carboxylic acids is 1. The first-order valence-corrected chi connectivity index (χ1v) is 7.15. The lowest BCUT2D eigenvalue weighted by atomic mass is 9.91. The van der Waals surface area contributed by atoms with Gasteiger partial charge in [0.15, 0.2) is 0 Å². The van der Waals surface area contributed by atoms with E-state index in [4.69, 9.17) is 5.11 Å². The lowest BCUT2D eigenvalue weighted by Gasteiger charge is -2.38. The first kappa shape index (κ1) is 16.0. The second-order valence-corrected chi connectivity index (χ2v) is 5.85. The molecule has 1 heterocycles. The number of carboxylic acid groups (broad SMARTS) is 1. The van der Waals surface area contributed by atoms with Gasteiger partial charge in [0.1, 0.15) is 0 Å². The topological polar surface area (TPSA) is 69.6 Å². The number of nitrogens with zero attached hydrogens (tertiary/aromatic N) is 1. The Morgan fingerprint density at radius 1 is 1.37 bits per heavy atom. The Morgan fingerprint density at radius 3 is 2.58 bits per heavy atom. The van der Waals surface area contributed by atoms with Gasteiger partial charge in [-0.05, 0) is 24.8 Å². The Morgan fingerprint density at radius 2 is 2.05 bits per heavy atom. The molecule has 1 fully saturated rings. The molecule has 0 spiro atoms. The highest BCUT2D eigenvalue weighted by Crippen LogP contribution is 2.21. The van der Waals surface area contributed by atoms with Crippen molar-refractivity contribution in [1.82, 2.24) is 10.2 Å². The van der Waals surface area contributed by atoms with Crippen molar-refractivity contribution < 1.29 is 14.7 Å². The SMILES string of the molecule is CCC(=O)N1CC(CC(=O)O)CC(NCC(C)C)C1. The Labute approximate surface area is 115 Å². The van der Waals surface area contributed by atoms with Crippen molar-refractivity contribution >= 4 is 11.9 Å². The maximum absolute atomic E-state index is 11.8. The number of amides is 1. The van der Waals surface area contributed by atoms with Crippen molar-refractivity contribution in [3.05, 3.63) is 0 Å². The third-order valence-electron chi connectivity index (χ3n) is 3.47. The molecule has 5 nitrogen and oxygen atoms in total. The van der Waals surface area contributed by atoms with Gasteiger partial charge in [-0.25, -0.2) is 0 Å². The smallest absolute Gasteiger partial charge is 0.303 e. The van der Waals surface area contributed by atoms with Crippen molar-refractivity contribution in [3.8, 4) is 0 Å². The highest BCUT2D eigenvalue weighted by Gasteiger charge is 2.30. The van der Waals surface area contributed by atoms with Gasteiger partial charge in [-0.2, -0.15) is 0 Å². The number of nitrogens with one attached hydrogen (secondary N) is 1. The zero-order chi connectivity index (χ0) is 14.4. The minimum atomic E-state index is -0.779. The zero-order valence-corrected chi connectivity index (χ0v) is 12.2. The maximum Gasteiger partial charge on any atom is 0.303 e. The molecule has 0 aliphatic carbocycles. The van der Waals surface area contributed by atoms with Crippen molar-refractivity contribution in [2.75, 3.05) is 19.6 Å². The number of hydrogen-bond donors (Lipinski definition) is 2. The minimum absolute atomic E-state index is 0.0615. The second-order valence-electron chi connectivity index (χ2n) is 5.85. The first-order chi connectivity index (χ1) is 8.92. The number of piperidine rings is 1. The van der Waals surface area contributed by atoms with Crippen LogP contribution in [-0.2, 0) is 9.59 Å². The van der Waals surface area contributed by atoms with E-state index in [9.17, 15) is 9.59 Å². The summed E-state index contributed by atoms with van der Waals surface area (Å²) in [5, 5.41) is 12.4. The Hall–Kier alpha value is -1.10. The van der Waals surface area contributed by atoms with Crippen LogP contribution in [0, 0.1) is 11.8 Å². The van der Waals surface area contributed by atoms with Crippen molar-refractivity contribution in [2.45, 2.75) is 46.1 Å². The van der Waals surface area contributed by atoms with Gasteiger partial charge in [0.2, 0.25) is 5.91 Å². The summed E-state index contributed by atoms with van der Waals surface area (Å²) in [5.41, 5.74) is 0. The molecule has 1 aliphatic heterocycles. The minimum Gasteiger partial charge on any atom is -0.481 e. The summed E-state index contributed by atoms with van der Waals surface area (Å²) in [6.07, 6.45) is 1.47. The molecule has 1 amide bonds. The van der Waals surface area contributed by atoms with Crippen LogP contribution in [0.2, 0.25) is 0 Å². The molecule has 1 saturated heterocycles. The lowest BCUT2D eigenvalue weighted by Crippen LogP contribution is -2.52. The molecule has 2 N–H and O–H groups in total. The fraction of sp³-hybridized carbons (Fsp3) is 0.857. The molecule has 2 unspecified atom stereocenters. The van der Waals surface area contributed by atoms with E-state index in [1.54, 1.807) is 0 Å². The van der Waals surface area contributed by atoms with E-state index < -0.39 is 5.97 Å². The summed E-state index contributed by atoms with van der Waals surface area (Å²) >= 11 is 0. The molecule has 0 aromatic heterocycles. The molecule has 0 aromatic rings. The van der Waals surface area contributed by atoms with Crippen LogP contribution >= 0.6 is 0 Å². The summed E-state index contributed by atoms with van der Waals surface area (Å²) in [7, 11) is 0. The third-order valence-corrected chi connectivity index (χ3v) is 3.47. The number of hydrogen-bond acceptors (Lipinski definition) is 3. The van der Waals surface area contributed by atoms with Gasteiger partial charge in [-0.3, -0.25) is 9.59 Å². The van der Waals surface area contributed by atoms with Crippen LogP contribution in [0.25, 0.3) is 0 Å². The highest BCUT2D eigenvalue weighted by molar-refractivity contribution is 5.76. The highest BCUT2D eigenvalue weighted by atomic mass is 16.4. The molecule has 2 atom stereocenters. The number of rotatable bonds is 6. The van der Waals surface area contributed by atoms with Gasteiger partial charge in [0.25, 0.3) is 0 Å². The third kappa shape index (κ3) is 5.59. The molecule has 1 aliphatic rings. The van der Waals surface area contributed by atoms with Crippen LogP contribution in [0.15, 0.2) is 0 Å². The summed E-state index contributed by atoms with van der Waals surface area (Å²) in [4.78, 5) is 24.5. The van der Waals surface area contributed by atoms with Crippen molar-refractivity contribution in [1.29, 1.82) is 0 Å². The van der Waals surface area contributed by atoms with Crippen LogP contribution in [0.5, 0.6) is 0 Å². The van der Waals surface area contributed by atoms with Crippen LogP contribution in [-0.4, -0.2) is 47.6 Å². The number of carbonyl (C=O) groups is 2. The summed E-state index contributed by atoms with van der Waals surface area (Å²) < 4.78 is 0. The average molecular weight is 270 g/mol. The largest absolute Gasteiger partial charge is 0.481 e. The Bertz CT molecular complexity index is 318. The Balaban J connectivity index is 2.60. The fourth-order valence-corrected chi connectivity index (χ4v) is 2.58. The van der Waals surface area contributed by atoms with Crippen LogP contribution in [0.4, 0.5) is 0 Å². The average Bonchev–Trinajstić information content (AvgIpc) is 2.34. The molecule has 0 radical (unpaired) electrons. The summed E-state index contributed by atoms with van der Waals surface area (Å²) in [5.74, 6) is -0.0496. The predicted octanol–water partition coefficient (Wildman–Crippen LogP) is 1.33. The zero-order valence-electron chi connectivity index (χ0n) is 12.2. The molecule has 0 saturated carbocycles. The summed E-state index contributed by atoms with van der Waals surface area (Å²) in [6, 6.07) is 0.219.